The molecule has 0 bridgehead atoms. The SMILES string of the molecule is CC(C)(C)OC(=O)N1CCC(c2cnn3cc(-c4cn[nH]c4)ccc23)CC1. The largest absolute Gasteiger partial charge is 0.444 e. The van der Waals surface area contributed by atoms with Gasteiger partial charge >= 0.3 is 6.09 Å². The number of hydrogen-bond donors (Lipinski definition) is 1. The number of aromatic nitrogens is 4. The molecule has 0 unspecified atom stereocenters. The predicted octanol–water partition coefficient (Wildman–Crippen LogP) is 3.84. The highest BCUT2D eigenvalue weighted by Crippen LogP contribution is 2.32. The highest BCUT2D eigenvalue weighted by Gasteiger charge is 2.28. The molecular weight excluding hydrogens is 342 g/mol. The van der Waals surface area contributed by atoms with Crippen LogP contribution in [0.3, 0.4) is 0 Å². The van der Waals surface area contributed by atoms with E-state index in [4.69, 9.17) is 4.74 Å². The molecule has 1 fully saturated rings. The van der Waals surface area contributed by atoms with E-state index in [2.05, 4.69) is 27.4 Å². The minimum absolute atomic E-state index is 0.217. The predicted molar refractivity (Wildman–Crippen MR) is 103 cm³/mol. The molecule has 4 rings (SSSR count). The molecule has 0 radical (unpaired) electrons. The molecule has 0 atom stereocenters. The van der Waals surface area contributed by atoms with Crippen LogP contribution in [-0.4, -0.2) is 49.5 Å². The van der Waals surface area contributed by atoms with Crippen molar-refractivity contribution in [3.63, 3.8) is 0 Å². The fourth-order valence-electron chi connectivity index (χ4n) is 3.60. The van der Waals surface area contributed by atoms with Crippen LogP contribution in [0.15, 0.2) is 36.9 Å². The van der Waals surface area contributed by atoms with Crippen LogP contribution >= 0.6 is 0 Å². The van der Waals surface area contributed by atoms with Crippen molar-refractivity contribution in [1.82, 2.24) is 24.7 Å². The number of ether oxygens (including phenoxy) is 1. The first-order valence-corrected chi connectivity index (χ1v) is 9.35. The van der Waals surface area contributed by atoms with Gasteiger partial charge in [-0.1, -0.05) is 6.07 Å². The summed E-state index contributed by atoms with van der Waals surface area (Å²) in [5.41, 5.74) is 4.03. The average molecular weight is 367 g/mol. The summed E-state index contributed by atoms with van der Waals surface area (Å²) in [7, 11) is 0. The second-order valence-corrected chi connectivity index (χ2v) is 8.08. The summed E-state index contributed by atoms with van der Waals surface area (Å²) in [5.74, 6) is 0.404. The van der Waals surface area contributed by atoms with Gasteiger partial charge in [0, 0.05) is 42.2 Å². The molecule has 1 aliphatic heterocycles. The van der Waals surface area contributed by atoms with E-state index in [0.717, 1.165) is 29.5 Å². The van der Waals surface area contributed by atoms with Crippen molar-refractivity contribution in [1.29, 1.82) is 0 Å². The van der Waals surface area contributed by atoms with Crippen LogP contribution in [0.5, 0.6) is 0 Å². The molecule has 7 nitrogen and oxygen atoms in total. The van der Waals surface area contributed by atoms with Crippen molar-refractivity contribution in [3.8, 4) is 11.1 Å². The molecule has 142 valence electrons. The van der Waals surface area contributed by atoms with Gasteiger partial charge in [-0.3, -0.25) is 5.10 Å². The quantitative estimate of drug-likeness (QED) is 0.747. The van der Waals surface area contributed by atoms with Crippen LogP contribution in [0.4, 0.5) is 4.79 Å². The van der Waals surface area contributed by atoms with E-state index in [1.165, 1.54) is 5.56 Å². The molecule has 0 saturated carbocycles. The molecule has 1 aliphatic rings. The monoisotopic (exact) mass is 367 g/mol. The number of amides is 1. The first kappa shape index (κ1) is 17.6. The summed E-state index contributed by atoms with van der Waals surface area (Å²) < 4.78 is 7.41. The smallest absolute Gasteiger partial charge is 0.410 e. The van der Waals surface area contributed by atoms with Crippen LogP contribution in [0.25, 0.3) is 16.6 Å². The molecule has 7 heteroatoms. The van der Waals surface area contributed by atoms with Gasteiger partial charge in [0.1, 0.15) is 5.60 Å². The van der Waals surface area contributed by atoms with Gasteiger partial charge in [-0.2, -0.15) is 10.2 Å². The Morgan fingerprint density at radius 3 is 2.63 bits per heavy atom. The molecule has 1 N–H and O–H groups in total. The minimum Gasteiger partial charge on any atom is -0.444 e. The molecule has 1 amide bonds. The van der Waals surface area contributed by atoms with E-state index in [1.54, 1.807) is 6.20 Å². The van der Waals surface area contributed by atoms with E-state index in [-0.39, 0.29) is 6.09 Å². The Balaban J connectivity index is 1.47. The van der Waals surface area contributed by atoms with Crippen molar-refractivity contribution in [2.75, 3.05) is 13.1 Å². The summed E-state index contributed by atoms with van der Waals surface area (Å²) >= 11 is 0. The van der Waals surface area contributed by atoms with Gasteiger partial charge in [0.15, 0.2) is 0 Å². The third-order valence-corrected chi connectivity index (χ3v) is 4.96. The normalized spacial score (nSPS) is 16.0. The van der Waals surface area contributed by atoms with E-state index in [9.17, 15) is 4.79 Å². The van der Waals surface area contributed by atoms with E-state index >= 15 is 0 Å². The second-order valence-electron chi connectivity index (χ2n) is 8.08. The van der Waals surface area contributed by atoms with E-state index in [1.807, 2.05) is 48.8 Å². The fourth-order valence-corrected chi connectivity index (χ4v) is 3.60. The number of nitrogens with one attached hydrogen (secondary N) is 1. The van der Waals surface area contributed by atoms with Crippen molar-refractivity contribution in [2.45, 2.75) is 45.1 Å². The maximum Gasteiger partial charge on any atom is 0.410 e. The maximum atomic E-state index is 12.2. The minimum atomic E-state index is -0.455. The third-order valence-electron chi connectivity index (χ3n) is 4.96. The number of fused-ring (bicyclic) bond motifs is 1. The topological polar surface area (TPSA) is 75.5 Å². The van der Waals surface area contributed by atoms with Crippen molar-refractivity contribution < 1.29 is 9.53 Å². The summed E-state index contributed by atoms with van der Waals surface area (Å²) in [4.78, 5) is 14.1. The molecule has 0 aromatic carbocycles. The van der Waals surface area contributed by atoms with E-state index < -0.39 is 5.60 Å². The first-order chi connectivity index (χ1) is 12.9. The lowest BCUT2D eigenvalue weighted by molar-refractivity contribution is 0.0205. The molecule has 1 saturated heterocycles. The Hall–Kier alpha value is -2.83. The number of H-pyrrole nitrogens is 1. The zero-order valence-corrected chi connectivity index (χ0v) is 16.0. The van der Waals surface area contributed by atoms with Gasteiger partial charge in [-0.25, -0.2) is 9.31 Å². The standard InChI is InChI=1S/C20H25N5O2/c1-20(2,3)27-19(26)24-8-6-14(7-9-24)17-12-23-25-13-15(4-5-18(17)25)16-10-21-22-11-16/h4-5,10-14H,6-9H2,1-3H3,(H,21,22). The van der Waals surface area contributed by atoms with Gasteiger partial charge in [-0.05, 0) is 45.6 Å². The zero-order valence-electron chi connectivity index (χ0n) is 16.0. The molecular formula is C20H25N5O2. The lowest BCUT2D eigenvalue weighted by Crippen LogP contribution is -2.41. The van der Waals surface area contributed by atoms with Crippen molar-refractivity contribution in [3.05, 3.63) is 42.5 Å². The summed E-state index contributed by atoms with van der Waals surface area (Å²) in [6.07, 6.45) is 9.29. The number of piperidine rings is 1. The molecule has 4 heterocycles. The van der Waals surface area contributed by atoms with Gasteiger partial charge in [0.05, 0.1) is 17.9 Å². The summed E-state index contributed by atoms with van der Waals surface area (Å²) in [6.45, 7) is 7.12. The fraction of sp³-hybridized carbons (Fsp3) is 0.450. The molecule has 3 aromatic heterocycles. The Bertz CT molecular complexity index is 931. The van der Waals surface area contributed by atoms with Crippen LogP contribution in [0.1, 0.15) is 45.1 Å². The maximum absolute atomic E-state index is 12.2. The molecule has 0 spiro atoms. The summed E-state index contributed by atoms with van der Waals surface area (Å²) in [6, 6.07) is 4.21. The zero-order chi connectivity index (χ0) is 19.0. The number of pyridine rings is 1. The number of aromatic amines is 1. The van der Waals surface area contributed by atoms with Crippen LogP contribution in [0.2, 0.25) is 0 Å². The highest BCUT2D eigenvalue weighted by atomic mass is 16.6. The lowest BCUT2D eigenvalue weighted by Gasteiger charge is -2.33. The van der Waals surface area contributed by atoms with Crippen LogP contribution in [0, 0.1) is 0 Å². The van der Waals surface area contributed by atoms with Crippen LogP contribution < -0.4 is 0 Å². The number of carbonyl (C=O) groups is 1. The Morgan fingerprint density at radius 1 is 1.19 bits per heavy atom. The van der Waals surface area contributed by atoms with Gasteiger partial charge in [0.25, 0.3) is 0 Å². The average Bonchev–Trinajstić information content (AvgIpc) is 3.30. The number of hydrogen-bond acceptors (Lipinski definition) is 4. The van der Waals surface area contributed by atoms with Gasteiger partial charge < -0.3 is 9.64 Å². The number of likely N-dealkylation sites (tertiary alicyclic amines) is 1. The number of nitrogens with zero attached hydrogens (tertiary/aromatic N) is 4. The third kappa shape index (κ3) is 3.67. The molecule has 27 heavy (non-hydrogen) atoms. The highest BCUT2D eigenvalue weighted by molar-refractivity contribution is 5.69. The number of carbonyl (C=O) groups excluding carboxylic acids is 1. The lowest BCUT2D eigenvalue weighted by atomic mass is 9.90. The van der Waals surface area contributed by atoms with Crippen molar-refractivity contribution >= 4 is 11.6 Å². The second kappa shape index (κ2) is 6.72. The van der Waals surface area contributed by atoms with Gasteiger partial charge in [0.2, 0.25) is 0 Å². The van der Waals surface area contributed by atoms with E-state index in [0.29, 0.717) is 19.0 Å². The van der Waals surface area contributed by atoms with Crippen LogP contribution in [-0.2, 0) is 4.74 Å². The number of rotatable bonds is 2. The Labute approximate surface area is 158 Å². The van der Waals surface area contributed by atoms with Crippen molar-refractivity contribution in [2.24, 2.45) is 0 Å². The Kier molecular flexibility index (Phi) is 4.37. The summed E-state index contributed by atoms with van der Waals surface area (Å²) in [5, 5.41) is 11.4. The molecule has 0 aliphatic carbocycles. The Morgan fingerprint density at radius 2 is 1.96 bits per heavy atom. The molecule has 3 aromatic rings. The first-order valence-electron chi connectivity index (χ1n) is 9.35. The van der Waals surface area contributed by atoms with Gasteiger partial charge in [-0.15, -0.1) is 0 Å².